The minimum Gasteiger partial charge on any atom is -0.505 e. The molecule has 0 fully saturated rings. The third-order valence-corrected chi connectivity index (χ3v) is 3.81. The van der Waals surface area contributed by atoms with Crippen molar-refractivity contribution in [1.82, 2.24) is 21.1 Å². The lowest BCUT2D eigenvalue weighted by atomic mass is 10.1. The van der Waals surface area contributed by atoms with Crippen LogP contribution in [0.3, 0.4) is 0 Å². The fraction of sp³-hybridized carbons (Fsp3) is 0.529. The molecule has 0 aliphatic carbocycles. The molecule has 25 heavy (non-hydrogen) atoms. The zero-order valence-electron chi connectivity index (χ0n) is 14.7. The molecule has 7 nitrogen and oxygen atoms in total. The molecule has 8 heteroatoms. The van der Waals surface area contributed by atoms with E-state index in [-0.39, 0.29) is 24.4 Å². The number of unbranched alkanes of at least 4 members (excludes halogenated alkanes) is 2. The molecule has 0 saturated heterocycles. The van der Waals surface area contributed by atoms with E-state index in [2.05, 4.69) is 16.2 Å². The fourth-order valence-corrected chi connectivity index (χ4v) is 2.32. The Bertz CT molecular complexity index is 557. The van der Waals surface area contributed by atoms with Crippen LogP contribution >= 0.6 is 0 Å². The maximum absolute atomic E-state index is 13.0. The van der Waals surface area contributed by atoms with E-state index in [1.165, 1.54) is 24.1 Å². The lowest BCUT2D eigenvalue weighted by molar-refractivity contribution is -0.108. The number of aromatic hydroxyl groups is 1. The summed E-state index contributed by atoms with van der Waals surface area (Å²) in [5, 5.41) is 11.9. The Labute approximate surface area is 147 Å². The van der Waals surface area contributed by atoms with Crippen molar-refractivity contribution in [2.24, 2.45) is 0 Å². The number of aldehydes is 1. The standard InChI is InChI=1S/C17H27FN4O3/c1-13(14-6-7-15(18)16(24)12-14)21-20-8-4-3-5-9-22(10-11-23)17(25)19-2/h6-7,11-13,20-21,24H,3-5,8-10H2,1-2H3,(H,19,25). The molecule has 1 aromatic rings. The highest BCUT2D eigenvalue weighted by molar-refractivity contribution is 5.76. The largest absolute Gasteiger partial charge is 0.505 e. The number of benzene rings is 1. The minimum absolute atomic E-state index is 0.0807. The number of carbonyl (C=O) groups is 2. The van der Waals surface area contributed by atoms with Crippen LogP contribution in [-0.4, -0.2) is 49.0 Å². The first-order valence-electron chi connectivity index (χ1n) is 8.36. The average Bonchev–Trinajstić information content (AvgIpc) is 2.61. The lowest BCUT2D eigenvalue weighted by Gasteiger charge is -2.19. The second-order valence-electron chi connectivity index (χ2n) is 5.73. The van der Waals surface area contributed by atoms with Gasteiger partial charge < -0.3 is 20.1 Å². The van der Waals surface area contributed by atoms with Gasteiger partial charge in [0.15, 0.2) is 11.6 Å². The molecule has 0 bridgehead atoms. The maximum Gasteiger partial charge on any atom is 0.317 e. The van der Waals surface area contributed by atoms with E-state index in [1.807, 2.05) is 6.92 Å². The first-order valence-corrected chi connectivity index (χ1v) is 8.36. The molecule has 1 atom stereocenters. The molecule has 140 valence electrons. The topological polar surface area (TPSA) is 93.7 Å². The van der Waals surface area contributed by atoms with Crippen LogP contribution in [0, 0.1) is 5.82 Å². The van der Waals surface area contributed by atoms with E-state index in [9.17, 15) is 19.1 Å². The van der Waals surface area contributed by atoms with Crippen molar-refractivity contribution in [3.05, 3.63) is 29.6 Å². The monoisotopic (exact) mass is 354 g/mol. The summed E-state index contributed by atoms with van der Waals surface area (Å²) in [7, 11) is 1.54. The van der Waals surface area contributed by atoms with Gasteiger partial charge in [0, 0.05) is 26.2 Å². The number of urea groups is 1. The number of hydrazine groups is 1. The van der Waals surface area contributed by atoms with Crippen molar-refractivity contribution in [3.8, 4) is 5.75 Å². The highest BCUT2D eigenvalue weighted by Crippen LogP contribution is 2.20. The zero-order chi connectivity index (χ0) is 18.7. The number of carbonyl (C=O) groups excluding carboxylic acids is 2. The van der Waals surface area contributed by atoms with Crippen LogP contribution in [0.5, 0.6) is 5.75 Å². The number of hydrogen-bond donors (Lipinski definition) is 4. The van der Waals surface area contributed by atoms with Gasteiger partial charge in [-0.15, -0.1) is 0 Å². The van der Waals surface area contributed by atoms with Crippen molar-refractivity contribution in [3.63, 3.8) is 0 Å². The molecule has 1 rings (SSSR count). The van der Waals surface area contributed by atoms with Crippen molar-refractivity contribution in [2.75, 3.05) is 26.7 Å². The minimum atomic E-state index is -0.635. The Morgan fingerprint density at radius 1 is 1.36 bits per heavy atom. The van der Waals surface area contributed by atoms with Crippen molar-refractivity contribution >= 4 is 12.3 Å². The average molecular weight is 354 g/mol. The number of halogens is 1. The van der Waals surface area contributed by atoms with Gasteiger partial charge in [-0.1, -0.05) is 12.5 Å². The summed E-state index contributed by atoms with van der Waals surface area (Å²) in [5.74, 6) is -0.994. The molecule has 2 amide bonds. The molecular formula is C17H27FN4O3. The second-order valence-corrected chi connectivity index (χ2v) is 5.73. The molecule has 0 aliphatic rings. The smallest absolute Gasteiger partial charge is 0.317 e. The van der Waals surface area contributed by atoms with Gasteiger partial charge in [0.25, 0.3) is 0 Å². The van der Waals surface area contributed by atoms with E-state index in [1.54, 1.807) is 6.07 Å². The number of phenols is 1. The Hall–Kier alpha value is -2.19. The third-order valence-electron chi connectivity index (χ3n) is 3.81. The van der Waals surface area contributed by atoms with Gasteiger partial charge in [-0.3, -0.25) is 10.9 Å². The number of rotatable bonds is 11. The molecule has 0 radical (unpaired) electrons. The quantitative estimate of drug-likeness (QED) is 0.276. The molecule has 0 saturated carbocycles. The van der Waals surface area contributed by atoms with Gasteiger partial charge in [-0.25, -0.2) is 9.18 Å². The normalized spacial score (nSPS) is 11.8. The number of hydrogen-bond acceptors (Lipinski definition) is 5. The third kappa shape index (κ3) is 7.49. The molecule has 0 aliphatic heterocycles. The van der Waals surface area contributed by atoms with E-state index < -0.39 is 5.82 Å². The van der Waals surface area contributed by atoms with E-state index >= 15 is 0 Å². The van der Waals surface area contributed by atoms with Gasteiger partial charge in [0.05, 0.1) is 6.54 Å². The number of phenolic OH excluding ortho intramolecular Hbond substituents is 1. The van der Waals surface area contributed by atoms with Crippen LogP contribution in [-0.2, 0) is 4.79 Å². The lowest BCUT2D eigenvalue weighted by Crippen LogP contribution is -2.39. The Morgan fingerprint density at radius 3 is 2.76 bits per heavy atom. The zero-order valence-corrected chi connectivity index (χ0v) is 14.7. The van der Waals surface area contributed by atoms with Crippen molar-refractivity contribution in [2.45, 2.75) is 32.2 Å². The maximum atomic E-state index is 13.0. The molecular weight excluding hydrogens is 327 g/mol. The Kier molecular flexibility index (Phi) is 9.49. The fourth-order valence-electron chi connectivity index (χ4n) is 2.32. The predicted molar refractivity (Wildman–Crippen MR) is 93.6 cm³/mol. The van der Waals surface area contributed by atoms with Gasteiger partial charge in [0.1, 0.15) is 6.29 Å². The van der Waals surface area contributed by atoms with E-state index in [0.717, 1.165) is 37.7 Å². The number of nitrogens with one attached hydrogen (secondary N) is 3. The molecule has 1 aromatic carbocycles. The van der Waals surface area contributed by atoms with Crippen LogP contribution in [0.2, 0.25) is 0 Å². The number of amides is 2. The van der Waals surface area contributed by atoms with E-state index in [4.69, 9.17) is 0 Å². The highest BCUT2D eigenvalue weighted by atomic mass is 19.1. The summed E-state index contributed by atoms with van der Waals surface area (Å²) in [6.45, 7) is 3.27. The van der Waals surface area contributed by atoms with Gasteiger partial charge >= 0.3 is 6.03 Å². The van der Waals surface area contributed by atoms with Crippen LogP contribution in [0.15, 0.2) is 18.2 Å². The summed E-state index contributed by atoms with van der Waals surface area (Å²) in [6, 6.07) is 3.93. The molecule has 1 unspecified atom stereocenters. The van der Waals surface area contributed by atoms with Crippen LogP contribution in [0.1, 0.15) is 37.8 Å². The summed E-state index contributed by atoms with van der Waals surface area (Å²) in [6.07, 6.45) is 3.34. The number of nitrogens with zero attached hydrogens (tertiary/aromatic N) is 1. The second kappa shape index (κ2) is 11.4. The van der Waals surface area contributed by atoms with Crippen molar-refractivity contribution < 1.29 is 19.1 Å². The van der Waals surface area contributed by atoms with Crippen LogP contribution in [0.25, 0.3) is 0 Å². The van der Waals surface area contributed by atoms with E-state index in [0.29, 0.717) is 6.54 Å². The Balaban J connectivity index is 2.18. The SMILES string of the molecule is CNC(=O)N(CC=O)CCCCCNNC(C)c1ccc(F)c(O)c1. The predicted octanol–water partition coefficient (Wildman–Crippen LogP) is 1.70. The first kappa shape index (κ1) is 20.9. The molecule has 0 aromatic heterocycles. The summed E-state index contributed by atoms with van der Waals surface area (Å²) in [5.41, 5.74) is 6.96. The van der Waals surface area contributed by atoms with Gasteiger partial charge in [-0.2, -0.15) is 0 Å². The summed E-state index contributed by atoms with van der Waals surface area (Å²) in [4.78, 5) is 23.5. The Morgan fingerprint density at radius 2 is 2.12 bits per heavy atom. The summed E-state index contributed by atoms with van der Waals surface area (Å²) >= 11 is 0. The van der Waals surface area contributed by atoms with Crippen molar-refractivity contribution in [1.29, 1.82) is 0 Å². The molecule has 0 spiro atoms. The van der Waals surface area contributed by atoms with Gasteiger partial charge in [0.2, 0.25) is 0 Å². The molecule has 4 N–H and O–H groups in total. The summed E-state index contributed by atoms with van der Waals surface area (Å²) < 4.78 is 13.0. The van der Waals surface area contributed by atoms with Gasteiger partial charge in [-0.05, 0) is 37.5 Å². The molecule has 0 heterocycles. The van der Waals surface area contributed by atoms with Crippen LogP contribution in [0.4, 0.5) is 9.18 Å². The first-order chi connectivity index (χ1) is 12.0. The highest BCUT2D eigenvalue weighted by Gasteiger charge is 2.10. The van der Waals surface area contributed by atoms with Crippen LogP contribution < -0.4 is 16.2 Å².